The zero-order valence-corrected chi connectivity index (χ0v) is 11.5. The number of hydrogen-bond acceptors (Lipinski definition) is 2. The fourth-order valence-electron chi connectivity index (χ4n) is 3.19. The van der Waals surface area contributed by atoms with Crippen molar-refractivity contribution in [3.63, 3.8) is 0 Å². The van der Waals surface area contributed by atoms with Crippen LogP contribution in [-0.4, -0.2) is 9.55 Å². The standard InChI is InChI=1S/C17H17N3/c1-20-16-7-6-11(10-18)8-15(16)19-17(20)14-9-12-4-2-3-5-13(12)14/h2-8,14H,9-10,18H2,1H3. The molecule has 0 fully saturated rings. The monoisotopic (exact) mass is 263 g/mol. The van der Waals surface area contributed by atoms with Crippen molar-refractivity contribution in [2.24, 2.45) is 12.8 Å². The molecule has 20 heavy (non-hydrogen) atoms. The van der Waals surface area contributed by atoms with Crippen molar-refractivity contribution in [1.29, 1.82) is 0 Å². The second kappa shape index (κ2) is 4.18. The van der Waals surface area contributed by atoms with E-state index in [1.54, 1.807) is 0 Å². The molecule has 4 rings (SSSR count). The van der Waals surface area contributed by atoms with Crippen LogP contribution >= 0.6 is 0 Å². The number of imidazole rings is 1. The molecule has 1 heterocycles. The molecule has 3 nitrogen and oxygen atoms in total. The van der Waals surface area contributed by atoms with Crippen LogP contribution in [0.25, 0.3) is 11.0 Å². The summed E-state index contributed by atoms with van der Waals surface area (Å²) in [4.78, 5) is 4.85. The third-order valence-electron chi connectivity index (χ3n) is 4.38. The highest BCUT2D eigenvalue weighted by Crippen LogP contribution is 2.40. The molecule has 3 heteroatoms. The van der Waals surface area contributed by atoms with Crippen molar-refractivity contribution < 1.29 is 0 Å². The first-order valence-corrected chi connectivity index (χ1v) is 7.01. The van der Waals surface area contributed by atoms with Gasteiger partial charge in [-0.1, -0.05) is 30.3 Å². The van der Waals surface area contributed by atoms with E-state index in [0.29, 0.717) is 12.5 Å². The van der Waals surface area contributed by atoms with E-state index in [0.717, 1.165) is 23.3 Å². The van der Waals surface area contributed by atoms with E-state index in [2.05, 4.69) is 54.1 Å². The first-order chi connectivity index (χ1) is 9.78. The Hall–Kier alpha value is -2.13. The molecule has 0 aliphatic heterocycles. The molecule has 1 atom stereocenters. The van der Waals surface area contributed by atoms with E-state index in [-0.39, 0.29) is 0 Å². The molecule has 2 N–H and O–H groups in total. The average molecular weight is 263 g/mol. The lowest BCUT2D eigenvalue weighted by Crippen LogP contribution is -2.21. The summed E-state index contributed by atoms with van der Waals surface area (Å²) >= 11 is 0. The number of hydrogen-bond donors (Lipinski definition) is 1. The molecule has 0 bridgehead atoms. The molecule has 2 aromatic carbocycles. The Labute approximate surface area is 118 Å². The second-order valence-corrected chi connectivity index (χ2v) is 5.51. The van der Waals surface area contributed by atoms with E-state index in [1.165, 1.54) is 16.6 Å². The van der Waals surface area contributed by atoms with Gasteiger partial charge in [-0.25, -0.2) is 4.98 Å². The van der Waals surface area contributed by atoms with Gasteiger partial charge in [-0.05, 0) is 35.2 Å². The van der Waals surface area contributed by atoms with Crippen molar-refractivity contribution in [2.75, 3.05) is 0 Å². The van der Waals surface area contributed by atoms with Crippen molar-refractivity contribution in [3.8, 4) is 0 Å². The number of nitrogens with zero attached hydrogens (tertiary/aromatic N) is 2. The summed E-state index contributed by atoms with van der Waals surface area (Å²) in [6.45, 7) is 0.564. The van der Waals surface area contributed by atoms with E-state index in [9.17, 15) is 0 Å². The van der Waals surface area contributed by atoms with Crippen LogP contribution in [0.2, 0.25) is 0 Å². The van der Waals surface area contributed by atoms with E-state index in [4.69, 9.17) is 10.7 Å². The summed E-state index contributed by atoms with van der Waals surface area (Å²) in [5, 5.41) is 0. The summed E-state index contributed by atoms with van der Waals surface area (Å²) in [5.74, 6) is 1.60. The predicted octanol–water partition coefficient (Wildman–Crippen LogP) is 2.72. The Morgan fingerprint density at radius 3 is 2.90 bits per heavy atom. The lowest BCUT2D eigenvalue weighted by molar-refractivity contribution is 0.634. The topological polar surface area (TPSA) is 43.8 Å². The average Bonchev–Trinajstić information content (AvgIpc) is 2.77. The minimum atomic E-state index is 0.435. The van der Waals surface area contributed by atoms with Crippen LogP contribution in [0.3, 0.4) is 0 Å². The lowest BCUT2D eigenvalue weighted by atomic mass is 9.77. The van der Waals surface area contributed by atoms with Gasteiger partial charge in [-0.15, -0.1) is 0 Å². The van der Waals surface area contributed by atoms with Crippen LogP contribution in [0, 0.1) is 0 Å². The number of rotatable bonds is 2. The second-order valence-electron chi connectivity index (χ2n) is 5.51. The first kappa shape index (κ1) is 11.7. The van der Waals surface area contributed by atoms with Crippen molar-refractivity contribution >= 4 is 11.0 Å². The number of aromatic nitrogens is 2. The number of aryl methyl sites for hydroxylation is 1. The maximum atomic E-state index is 5.71. The van der Waals surface area contributed by atoms with Crippen LogP contribution in [0.5, 0.6) is 0 Å². The summed E-state index contributed by atoms with van der Waals surface area (Å²) < 4.78 is 2.22. The molecular weight excluding hydrogens is 246 g/mol. The van der Waals surface area contributed by atoms with Gasteiger partial charge >= 0.3 is 0 Å². The van der Waals surface area contributed by atoms with E-state index < -0.39 is 0 Å². The van der Waals surface area contributed by atoms with Gasteiger partial charge in [0.2, 0.25) is 0 Å². The van der Waals surface area contributed by atoms with E-state index >= 15 is 0 Å². The predicted molar refractivity (Wildman–Crippen MR) is 80.6 cm³/mol. The highest BCUT2D eigenvalue weighted by atomic mass is 15.1. The highest BCUT2D eigenvalue weighted by Gasteiger charge is 2.30. The molecule has 0 amide bonds. The molecular formula is C17H17N3. The maximum Gasteiger partial charge on any atom is 0.117 e. The molecule has 1 aromatic heterocycles. The number of fused-ring (bicyclic) bond motifs is 2. The summed E-state index contributed by atoms with van der Waals surface area (Å²) in [5.41, 5.74) is 12.0. The van der Waals surface area contributed by atoms with Gasteiger partial charge < -0.3 is 10.3 Å². The minimum Gasteiger partial charge on any atom is -0.331 e. The molecule has 0 radical (unpaired) electrons. The van der Waals surface area contributed by atoms with Crippen LogP contribution < -0.4 is 5.73 Å². The maximum absolute atomic E-state index is 5.71. The van der Waals surface area contributed by atoms with Crippen molar-refractivity contribution in [1.82, 2.24) is 9.55 Å². The van der Waals surface area contributed by atoms with E-state index in [1.807, 2.05) is 0 Å². The third kappa shape index (κ3) is 1.53. The van der Waals surface area contributed by atoms with Crippen LogP contribution in [0.15, 0.2) is 42.5 Å². The van der Waals surface area contributed by atoms with Gasteiger partial charge in [-0.2, -0.15) is 0 Å². The fourth-order valence-corrected chi connectivity index (χ4v) is 3.19. The molecule has 1 aliphatic carbocycles. The highest BCUT2D eigenvalue weighted by molar-refractivity contribution is 5.77. The normalized spacial score (nSPS) is 17.0. The SMILES string of the molecule is Cn1c(C2Cc3ccccc32)nc2cc(CN)ccc21. The number of benzene rings is 2. The Bertz CT molecular complexity index is 801. The van der Waals surface area contributed by atoms with Gasteiger partial charge in [0.1, 0.15) is 5.82 Å². The molecule has 3 aromatic rings. The Morgan fingerprint density at radius 2 is 2.10 bits per heavy atom. The largest absolute Gasteiger partial charge is 0.331 e. The smallest absolute Gasteiger partial charge is 0.117 e. The Kier molecular flexibility index (Phi) is 2.44. The van der Waals surface area contributed by atoms with Gasteiger partial charge in [0.25, 0.3) is 0 Å². The fraction of sp³-hybridized carbons (Fsp3) is 0.235. The molecule has 1 aliphatic rings. The van der Waals surface area contributed by atoms with Gasteiger partial charge in [0, 0.05) is 19.5 Å². The zero-order chi connectivity index (χ0) is 13.7. The molecule has 0 saturated carbocycles. The van der Waals surface area contributed by atoms with Crippen LogP contribution in [0.4, 0.5) is 0 Å². The summed E-state index contributed by atoms with van der Waals surface area (Å²) in [6.07, 6.45) is 1.09. The molecule has 0 spiro atoms. The van der Waals surface area contributed by atoms with Gasteiger partial charge in [0.15, 0.2) is 0 Å². The molecule has 0 saturated heterocycles. The van der Waals surface area contributed by atoms with Crippen molar-refractivity contribution in [2.45, 2.75) is 18.9 Å². The van der Waals surface area contributed by atoms with Crippen molar-refractivity contribution in [3.05, 3.63) is 65.0 Å². The zero-order valence-electron chi connectivity index (χ0n) is 11.5. The van der Waals surface area contributed by atoms with Gasteiger partial charge in [0.05, 0.1) is 11.0 Å². The minimum absolute atomic E-state index is 0.435. The number of nitrogens with two attached hydrogens (primary N) is 1. The lowest BCUT2D eigenvalue weighted by Gasteiger charge is -2.29. The summed E-state index contributed by atoms with van der Waals surface area (Å²) in [7, 11) is 2.10. The van der Waals surface area contributed by atoms with Crippen LogP contribution in [-0.2, 0) is 20.0 Å². The molecule has 1 unspecified atom stereocenters. The Morgan fingerprint density at radius 1 is 1.25 bits per heavy atom. The molecule has 100 valence electrons. The Balaban J connectivity index is 1.84. The third-order valence-corrected chi connectivity index (χ3v) is 4.38. The van der Waals surface area contributed by atoms with Gasteiger partial charge in [-0.3, -0.25) is 0 Å². The quantitative estimate of drug-likeness (QED) is 0.772. The first-order valence-electron chi connectivity index (χ1n) is 7.01. The summed E-state index contributed by atoms with van der Waals surface area (Å²) in [6, 6.07) is 15.0. The van der Waals surface area contributed by atoms with Crippen LogP contribution in [0.1, 0.15) is 28.4 Å².